The van der Waals surface area contributed by atoms with Gasteiger partial charge in [0.1, 0.15) is 10.8 Å². The number of carbonyl (C=O) groups is 1. The molecule has 30 heavy (non-hydrogen) atoms. The van der Waals surface area contributed by atoms with Crippen LogP contribution in [0.1, 0.15) is 25.3 Å². The molecule has 0 saturated carbocycles. The van der Waals surface area contributed by atoms with Crippen LogP contribution in [0.5, 0.6) is 0 Å². The summed E-state index contributed by atoms with van der Waals surface area (Å²) in [5, 5.41) is 4.63. The Morgan fingerprint density at radius 2 is 2.07 bits per heavy atom. The maximum absolute atomic E-state index is 13.3. The van der Waals surface area contributed by atoms with E-state index in [1.807, 2.05) is 12.1 Å². The van der Waals surface area contributed by atoms with Crippen LogP contribution in [-0.4, -0.2) is 40.9 Å². The Kier molecular flexibility index (Phi) is 6.59. The van der Waals surface area contributed by atoms with Crippen LogP contribution in [0.15, 0.2) is 47.5 Å². The molecule has 0 spiro atoms. The standard InChI is InChI=1S/C23H24FN3O2S/c1-2-15-5-10-20-19(12-15)23(27-22(26-20)16-6-8-17(24)9-7-16)30-14-21(28)25-13-18-4-3-11-29-18/h5-10,12,18H,2-4,11,13-14H2,1H3,(H,25,28). The molecule has 1 N–H and O–H groups in total. The summed E-state index contributed by atoms with van der Waals surface area (Å²) >= 11 is 1.39. The molecule has 3 aromatic rings. The number of amides is 1. The number of halogens is 1. The fraction of sp³-hybridized carbons (Fsp3) is 0.348. The van der Waals surface area contributed by atoms with Crippen LogP contribution in [0, 0.1) is 5.82 Å². The Bertz CT molecular complexity index is 1040. The summed E-state index contributed by atoms with van der Waals surface area (Å²) < 4.78 is 18.9. The first-order chi connectivity index (χ1) is 14.6. The Morgan fingerprint density at radius 1 is 1.23 bits per heavy atom. The molecular formula is C23H24FN3O2S. The highest BCUT2D eigenvalue weighted by Crippen LogP contribution is 2.29. The molecule has 2 aromatic carbocycles. The Balaban J connectivity index is 1.57. The summed E-state index contributed by atoms with van der Waals surface area (Å²) in [4.78, 5) is 21.7. The second kappa shape index (κ2) is 9.53. The van der Waals surface area contributed by atoms with Crippen molar-refractivity contribution >= 4 is 28.6 Å². The van der Waals surface area contributed by atoms with Gasteiger partial charge in [-0.2, -0.15) is 0 Å². The van der Waals surface area contributed by atoms with E-state index in [1.165, 1.54) is 29.5 Å². The fourth-order valence-electron chi connectivity index (χ4n) is 3.42. The van der Waals surface area contributed by atoms with Gasteiger partial charge in [-0.25, -0.2) is 14.4 Å². The smallest absolute Gasteiger partial charge is 0.230 e. The minimum Gasteiger partial charge on any atom is -0.376 e. The number of thioether (sulfide) groups is 1. The van der Waals surface area contributed by atoms with Gasteiger partial charge in [-0.1, -0.05) is 24.8 Å². The van der Waals surface area contributed by atoms with E-state index in [9.17, 15) is 9.18 Å². The minimum absolute atomic E-state index is 0.0442. The topological polar surface area (TPSA) is 64.1 Å². The number of nitrogens with zero attached hydrogens (tertiary/aromatic N) is 2. The zero-order valence-electron chi connectivity index (χ0n) is 16.9. The third kappa shape index (κ3) is 4.96. The summed E-state index contributed by atoms with van der Waals surface area (Å²) in [6.07, 6.45) is 3.07. The van der Waals surface area contributed by atoms with Crippen molar-refractivity contribution < 1.29 is 13.9 Å². The van der Waals surface area contributed by atoms with Gasteiger partial charge in [0.05, 0.1) is 17.4 Å². The molecule has 7 heteroatoms. The number of carbonyl (C=O) groups excluding carboxylic acids is 1. The average molecular weight is 426 g/mol. The molecule has 0 radical (unpaired) electrons. The summed E-state index contributed by atoms with van der Waals surface area (Å²) in [5.74, 6) is 0.439. The lowest BCUT2D eigenvalue weighted by Gasteiger charge is -2.12. The van der Waals surface area contributed by atoms with Crippen LogP contribution in [0.25, 0.3) is 22.3 Å². The summed E-state index contributed by atoms with van der Waals surface area (Å²) in [7, 11) is 0. The largest absolute Gasteiger partial charge is 0.376 e. The molecule has 0 aliphatic carbocycles. The maximum atomic E-state index is 13.3. The zero-order chi connectivity index (χ0) is 20.9. The van der Waals surface area contributed by atoms with Crippen LogP contribution < -0.4 is 5.32 Å². The van der Waals surface area contributed by atoms with Crippen molar-refractivity contribution in [2.24, 2.45) is 0 Å². The van der Waals surface area contributed by atoms with E-state index in [1.54, 1.807) is 12.1 Å². The molecule has 5 nitrogen and oxygen atoms in total. The Morgan fingerprint density at radius 3 is 2.80 bits per heavy atom. The van der Waals surface area contributed by atoms with Crippen molar-refractivity contribution in [2.75, 3.05) is 18.9 Å². The molecule has 1 atom stereocenters. The van der Waals surface area contributed by atoms with Crippen LogP contribution in [-0.2, 0) is 16.0 Å². The third-order valence-electron chi connectivity index (χ3n) is 5.13. The first kappa shape index (κ1) is 20.8. The quantitative estimate of drug-likeness (QED) is 0.449. The van der Waals surface area contributed by atoms with Crippen molar-refractivity contribution in [1.82, 2.24) is 15.3 Å². The van der Waals surface area contributed by atoms with Gasteiger partial charge in [0.15, 0.2) is 5.82 Å². The van der Waals surface area contributed by atoms with Gasteiger partial charge in [-0.05, 0) is 61.2 Å². The third-order valence-corrected chi connectivity index (χ3v) is 6.12. The summed E-state index contributed by atoms with van der Waals surface area (Å²) in [6.45, 7) is 3.42. The highest BCUT2D eigenvalue weighted by atomic mass is 32.2. The van der Waals surface area contributed by atoms with Crippen LogP contribution in [0.2, 0.25) is 0 Å². The van der Waals surface area contributed by atoms with Crippen molar-refractivity contribution in [2.45, 2.75) is 37.3 Å². The van der Waals surface area contributed by atoms with Crippen LogP contribution >= 0.6 is 11.8 Å². The summed E-state index contributed by atoms with van der Waals surface area (Å²) in [6, 6.07) is 12.2. The Hall–Kier alpha value is -2.51. The maximum Gasteiger partial charge on any atom is 0.230 e. The number of benzene rings is 2. The second-order valence-corrected chi connectivity index (χ2v) is 8.26. The van der Waals surface area contributed by atoms with E-state index in [0.717, 1.165) is 47.4 Å². The van der Waals surface area contributed by atoms with Gasteiger partial charge in [-0.15, -0.1) is 0 Å². The highest BCUT2D eigenvalue weighted by molar-refractivity contribution is 8.00. The number of rotatable bonds is 7. The van der Waals surface area contributed by atoms with Gasteiger partial charge >= 0.3 is 0 Å². The number of aryl methyl sites for hydroxylation is 1. The van der Waals surface area contributed by atoms with E-state index >= 15 is 0 Å². The number of hydrogen-bond donors (Lipinski definition) is 1. The summed E-state index contributed by atoms with van der Waals surface area (Å²) in [5.41, 5.74) is 2.73. The molecule has 1 saturated heterocycles. The van der Waals surface area contributed by atoms with Gasteiger partial charge in [0.2, 0.25) is 5.91 Å². The lowest BCUT2D eigenvalue weighted by atomic mass is 10.1. The lowest BCUT2D eigenvalue weighted by molar-refractivity contribution is -0.119. The second-order valence-electron chi connectivity index (χ2n) is 7.29. The van der Waals surface area contributed by atoms with E-state index in [0.29, 0.717) is 12.4 Å². The van der Waals surface area contributed by atoms with E-state index < -0.39 is 0 Å². The monoisotopic (exact) mass is 425 g/mol. The highest BCUT2D eigenvalue weighted by Gasteiger charge is 2.17. The molecule has 1 fully saturated rings. The normalized spacial score (nSPS) is 16.1. The fourth-order valence-corrected chi connectivity index (χ4v) is 4.26. The predicted molar refractivity (Wildman–Crippen MR) is 117 cm³/mol. The van der Waals surface area contributed by atoms with Gasteiger partial charge in [0.25, 0.3) is 0 Å². The molecule has 0 bridgehead atoms. The molecule has 1 amide bonds. The Labute approximate surface area is 179 Å². The molecule has 1 aliphatic rings. The van der Waals surface area contributed by atoms with Crippen molar-refractivity contribution in [1.29, 1.82) is 0 Å². The van der Waals surface area contributed by atoms with Crippen LogP contribution in [0.4, 0.5) is 4.39 Å². The molecule has 156 valence electrons. The average Bonchev–Trinajstić information content (AvgIpc) is 3.29. The lowest BCUT2D eigenvalue weighted by Crippen LogP contribution is -2.32. The number of ether oxygens (including phenoxy) is 1. The molecular weight excluding hydrogens is 401 g/mol. The van der Waals surface area contributed by atoms with Crippen LogP contribution in [0.3, 0.4) is 0 Å². The number of nitrogens with one attached hydrogen (secondary N) is 1. The molecule has 2 heterocycles. The molecule has 1 unspecified atom stereocenters. The van der Waals surface area contributed by atoms with E-state index in [4.69, 9.17) is 9.72 Å². The van der Waals surface area contributed by atoms with Crippen molar-refractivity contribution in [3.8, 4) is 11.4 Å². The van der Waals surface area contributed by atoms with Gasteiger partial charge in [-0.3, -0.25) is 4.79 Å². The zero-order valence-corrected chi connectivity index (χ0v) is 17.7. The van der Waals surface area contributed by atoms with E-state index in [-0.39, 0.29) is 23.6 Å². The number of aromatic nitrogens is 2. The first-order valence-electron chi connectivity index (χ1n) is 10.2. The first-order valence-corrected chi connectivity index (χ1v) is 11.2. The molecule has 4 rings (SSSR count). The minimum atomic E-state index is -0.301. The number of fused-ring (bicyclic) bond motifs is 1. The van der Waals surface area contributed by atoms with E-state index in [2.05, 4.69) is 23.3 Å². The number of hydrogen-bond acceptors (Lipinski definition) is 5. The predicted octanol–water partition coefficient (Wildman–Crippen LogP) is 4.39. The molecule has 1 aromatic heterocycles. The molecule has 1 aliphatic heterocycles. The van der Waals surface area contributed by atoms with Gasteiger partial charge < -0.3 is 10.1 Å². The van der Waals surface area contributed by atoms with Crippen molar-refractivity contribution in [3.05, 3.63) is 53.8 Å². The van der Waals surface area contributed by atoms with Gasteiger partial charge in [0, 0.05) is 24.1 Å². The van der Waals surface area contributed by atoms with Crippen molar-refractivity contribution in [3.63, 3.8) is 0 Å². The SMILES string of the molecule is CCc1ccc2nc(-c3ccc(F)cc3)nc(SCC(=O)NCC3CCCO3)c2c1.